The van der Waals surface area contributed by atoms with Crippen LogP contribution in [0.3, 0.4) is 0 Å². The molecule has 0 amide bonds. The van der Waals surface area contributed by atoms with Gasteiger partial charge in [-0.2, -0.15) is 4.98 Å². The average molecular weight is 288 g/mol. The number of nitrogens with zero attached hydrogens (tertiary/aromatic N) is 4. The summed E-state index contributed by atoms with van der Waals surface area (Å²) in [5.74, 6) is 1.34. The molecule has 0 aliphatic carbocycles. The Morgan fingerprint density at radius 1 is 1.14 bits per heavy atom. The third kappa shape index (κ3) is 2.91. The number of para-hydroxylation sites is 1. The second-order valence-electron chi connectivity index (χ2n) is 5.10. The Labute approximate surface area is 124 Å². The van der Waals surface area contributed by atoms with Crippen LogP contribution in [0.2, 0.25) is 0 Å². The number of ether oxygens (including phenoxy) is 1. The van der Waals surface area contributed by atoms with Crippen molar-refractivity contribution in [2.24, 2.45) is 0 Å². The molecule has 2 heterocycles. The van der Waals surface area contributed by atoms with Gasteiger partial charge in [0.15, 0.2) is 0 Å². The molecule has 0 radical (unpaired) electrons. The van der Waals surface area contributed by atoms with Gasteiger partial charge in [-0.15, -0.1) is 0 Å². The molecule has 1 aliphatic rings. The number of aliphatic hydroxyl groups is 1. The Morgan fingerprint density at radius 2 is 1.90 bits per heavy atom. The SMILES string of the molecule is COc1nc(N2CCN(CCO)CC2)nc2ccccc12. The number of β-amino-alcohol motifs (C(OH)–C–C–N with tert-alkyl or cyclic N) is 1. The van der Waals surface area contributed by atoms with Crippen molar-refractivity contribution in [3.8, 4) is 5.88 Å². The Bertz CT molecular complexity index is 612. The number of hydrogen-bond acceptors (Lipinski definition) is 6. The minimum atomic E-state index is 0.209. The van der Waals surface area contributed by atoms with Crippen molar-refractivity contribution in [2.75, 3.05) is 51.3 Å². The first kappa shape index (κ1) is 14.0. The molecule has 0 spiro atoms. The quantitative estimate of drug-likeness (QED) is 0.896. The highest BCUT2D eigenvalue weighted by atomic mass is 16.5. The van der Waals surface area contributed by atoms with Gasteiger partial charge in [0.1, 0.15) is 0 Å². The number of benzene rings is 1. The Kier molecular flexibility index (Phi) is 4.17. The van der Waals surface area contributed by atoms with E-state index < -0.39 is 0 Å². The fourth-order valence-electron chi connectivity index (χ4n) is 2.65. The minimum Gasteiger partial charge on any atom is -0.480 e. The number of hydrogen-bond donors (Lipinski definition) is 1. The van der Waals surface area contributed by atoms with Crippen LogP contribution in [0.25, 0.3) is 10.9 Å². The van der Waals surface area contributed by atoms with Crippen LogP contribution in [0.5, 0.6) is 5.88 Å². The number of anilines is 1. The zero-order valence-corrected chi connectivity index (χ0v) is 12.2. The van der Waals surface area contributed by atoms with Gasteiger partial charge >= 0.3 is 0 Å². The lowest BCUT2D eigenvalue weighted by Crippen LogP contribution is -2.47. The minimum absolute atomic E-state index is 0.209. The monoisotopic (exact) mass is 288 g/mol. The van der Waals surface area contributed by atoms with E-state index in [0.29, 0.717) is 11.8 Å². The van der Waals surface area contributed by atoms with Gasteiger partial charge in [0.25, 0.3) is 0 Å². The lowest BCUT2D eigenvalue weighted by Gasteiger charge is -2.34. The van der Waals surface area contributed by atoms with Gasteiger partial charge in [-0.25, -0.2) is 4.98 Å². The molecule has 0 unspecified atom stereocenters. The Balaban J connectivity index is 1.84. The van der Waals surface area contributed by atoms with Crippen LogP contribution in [0.1, 0.15) is 0 Å². The summed E-state index contributed by atoms with van der Waals surface area (Å²) < 4.78 is 5.40. The topological polar surface area (TPSA) is 61.7 Å². The summed E-state index contributed by atoms with van der Waals surface area (Å²) in [6, 6.07) is 7.88. The fourth-order valence-corrected chi connectivity index (χ4v) is 2.65. The molecule has 1 aliphatic heterocycles. The third-order valence-corrected chi connectivity index (χ3v) is 3.82. The van der Waals surface area contributed by atoms with E-state index in [1.54, 1.807) is 7.11 Å². The van der Waals surface area contributed by atoms with Crippen molar-refractivity contribution in [3.05, 3.63) is 24.3 Å². The van der Waals surface area contributed by atoms with Crippen molar-refractivity contribution in [3.63, 3.8) is 0 Å². The predicted octanol–water partition coefficient (Wildman–Crippen LogP) is 0.753. The lowest BCUT2D eigenvalue weighted by atomic mass is 10.2. The highest BCUT2D eigenvalue weighted by Crippen LogP contribution is 2.25. The largest absolute Gasteiger partial charge is 0.480 e. The Hall–Kier alpha value is -1.92. The molecule has 1 saturated heterocycles. The molecule has 0 atom stereocenters. The predicted molar refractivity (Wildman–Crippen MR) is 81.8 cm³/mol. The molecule has 2 aromatic rings. The third-order valence-electron chi connectivity index (χ3n) is 3.82. The van der Waals surface area contributed by atoms with E-state index in [-0.39, 0.29) is 6.61 Å². The second kappa shape index (κ2) is 6.24. The summed E-state index contributed by atoms with van der Waals surface area (Å²) >= 11 is 0. The lowest BCUT2D eigenvalue weighted by molar-refractivity contribution is 0.188. The van der Waals surface area contributed by atoms with Gasteiger partial charge in [0, 0.05) is 32.7 Å². The number of fused-ring (bicyclic) bond motifs is 1. The van der Waals surface area contributed by atoms with Gasteiger partial charge in [0.05, 0.1) is 24.6 Å². The van der Waals surface area contributed by atoms with Gasteiger partial charge in [0.2, 0.25) is 11.8 Å². The molecule has 0 bridgehead atoms. The zero-order valence-electron chi connectivity index (χ0n) is 12.2. The zero-order chi connectivity index (χ0) is 14.7. The van der Waals surface area contributed by atoms with Crippen molar-refractivity contribution >= 4 is 16.9 Å². The molecule has 1 aromatic heterocycles. The second-order valence-corrected chi connectivity index (χ2v) is 5.10. The molecule has 6 nitrogen and oxygen atoms in total. The molecule has 6 heteroatoms. The van der Waals surface area contributed by atoms with E-state index in [1.165, 1.54) is 0 Å². The van der Waals surface area contributed by atoms with Crippen molar-refractivity contribution < 1.29 is 9.84 Å². The van der Waals surface area contributed by atoms with E-state index in [4.69, 9.17) is 9.84 Å². The van der Waals surface area contributed by atoms with Crippen molar-refractivity contribution in [2.45, 2.75) is 0 Å². The van der Waals surface area contributed by atoms with Gasteiger partial charge in [-0.1, -0.05) is 12.1 Å². The van der Waals surface area contributed by atoms with E-state index in [2.05, 4.69) is 19.8 Å². The summed E-state index contributed by atoms with van der Waals surface area (Å²) in [6.07, 6.45) is 0. The highest BCUT2D eigenvalue weighted by molar-refractivity contribution is 5.84. The first-order valence-electron chi connectivity index (χ1n) is 7.21. The fraction of sp³-hybridized carbons (Fsp3) is 0.467. The van der Waals surface area contributed by atoms with Crippen molar-refractivity contribution in [1.82, 2.24) is 14.9 Å². The smallest absolute Gasteiger partial charge is 0.229 e. The molecule has 1 aromatic carbocycles. The number of piperazine rings is 1. The van der Waals surface area contributed by atoms with E-state index in [1.807, 2.05) is 24.3 Å². The first-order valence-corrected chi connectivity index (χ1v) is 7.21. The van der Waals surface area contributed by atoms with Gasteiger partial charge in [-0.05, 0) is 12.1 Å². The van der Waals surface area contributed by atoms with Crippen LogP contribution in [0, 0.1) is 0 Å². The number of aliphatic hydroxyl groups excluding tert-OH is 1. The molecule has 0 saturated carbocycles. The van der Waals surface area contributed by atoms with Gasteiger partial charge < -0.3 is 14.7 Å². The van der Waals surface area contributed by atoms with Crippen LogP contribution < -0.4 is 9.64 Å². The standard InChI is InChI=1S/C15H20N4O2/c1-21-14-12-4-2-3-5-13(12)16-15(17-14)19-8-6-18(7-9-19)10-11-20/h2-5,20H,6-11H2,1H3. The summed E-state index contributed by atoms with van der Waals surface area (Å²) in [6.45, 7) is 4.50. The number of rotatable bonds is 4. The molecule has 3 rings (SSSR count). The maximum absolute atomic E-state index is 8.99. The number of methoxy groups -OCH3 is 1. The van der Waals surface area contributed by atoms with E-state index in [0.717, 1.165) is 43.6 Å². The molecule has 21 heavy (non-hydrogen) atoms. The van der Waals surface area contributed by atoms with Crippen LogP contribution in [0.15, 0.2) is 24.3 Å². The maximum atomic E-state index is 8.99. The summed E-state index contributed by atoms with van der Waals surface area (Å²) in [7, 11) is 1.64. The maximum Gasteiger partial charge on any atom is 0.229 e. The highest BCUT2D eigenvalue weighted by Gasteiger charge is 2.20. The molecule has 1 N–H and O–H groups in total. The summed E-state index contributed by atoms with van der Waals surface area (Å²) in [4.78, 5) is 13.6. The molecule has 1 fully saturated rings. The number of aromatic nitrogens is 2. The van der Waals surface area contributed by atoms with Crippen molar-refractivity contribution in [1.29, 1.82) is 0 Å². The summed E-state index contributed by atoms with van der Waals surface area (Å²) in [5, 5.41) is 9.92. The van der Waals surface area contributed by atoms with E-state index >= 15 is 0 Å². The molecular formula is C15H20N4O2. The first-order chi connectivity index (χ1) is 10.3. The average Bonchev–Trinajstić information content (AvgIpc) is 2.55. The van der Waals surface area contributed by atoms with Crippen LogP contribution in [-0.4, -0.2) is 66.4 Å². The van der Waals surface area contributed by atoms with Crippen LogP contribution in [-0.2, 0) is 0 Å². The molecular weight excluding hydrogens is 268 g/mol. The molecule has 112 valence electrons. The Morgan fingerprint density at radius 3 is 2.62 bits per heavy atom. The van der Waals surface area contributed by atoms with E-state index in [9.17, 15) is 0 Å². The van der Waals surface area contributed by atoms with Crippen LogP contribution in [0.4, 0.5) is 5.95 Å². The van der Waals surface area contributed by atoms with Crippen LogP contribution >= 0.6 is 0 Å². The summed E-state index contributed by atoms with van der Waals surface area (Å²) in [5.41, 5.74) is 0.900. The normalized spacial score (nSPS) is 16.4. The van der Waals surface area contributed by atoms with Gasteiger partial charge in [-0.3, -0.25) is 4.90 Å².